The molecule has 0 unspecified atom stereocenters. The zero-order valence-corrected chi connectivity index (χ0v) is 8.15. The van der Waals surface area contributed by atoms with Gasteiger partial charge in [-0.2, -0.15) is 0 Å². The van der Waals surface area contributed by atoms with Gasteiger partial charge in [-0.3, -0.25) is 4.79 Å². The molecule has 0 atom stereocenters. The van der Waals surface area contributed by atoms with E-state index in [-0.39, 0.29) is 5.91 Å². The van der Waals surface area contributed by atoms with Crippen molar-refractivity contribution in [2.75, 3.05) is 13.1 Å². The highest BCUT2D eigenvalue weighted by atomic mass is 16.1. The number of amides is 1. The molecule has 1 amide bonds. The molecular weight excluding hydrogens is 182 g/mol. The number of rotatable bonds is 2. The zero-order chi connectivity index (χ0) is 10.6. The van der Waals surface area contributed by atoms with Crippen LogP contribution in [0.1, 0.15) is 19.3 Å². The number of carbonyl (C=O) groups is 1. The van der Waals surface area contributed by atoms with Gasteiger partial charge in [0.15, 0.2) is 0 Å². The van der Waals surface area contributed by atoms with E-state index in [1.807, 2.05) is 4.90 Å². The number of guanidine groups is 1. The van der Waals surface area contributed by atoms with Crippen molar-refractivity contribution in [3.63, 3.8) is 0 Å². The SMILES string of the molecule is NN=C(N)N1CCC(CC(N)=O)CC1. The molecule has 1 saturated heterocycles. The molecule has 0 saturated carbocycles. The highest BCUT2D eigenvalue weighted by Crippen LogP contribution is 2.19. The van der Waals surface area contributed by atoms with Crippen LogP contribution in [-0.2, 0) is 4.79 Å². The first-order valence-corrected chi connectivity index (χ1v) is 4.70. The highest BCUT2D eigenvalue weighted by molar-refractivity contribution is 5.78. The minimum absolute atomic E-state index is 0.232. The first kappa shape index (κ1) is 10.6. The van der Waals surface area contributed by atoms with E-state index in [9.17, 15) is 4.79 Å². The Hall–Kier alpha value is -1.46. The van der Waals surface area contributed by atoms with Crippen LogP contribution in [0.25, 0.3) is 0 Å². The summed E-state index contributed by atoms with van der Waals surface area (Å²) in [7, 11) is 0. The number of nitrogens with two attached hydrogens (primary N) is 3. The number of hydrazone groups is 1. The molecular formula is C8H17N5O. The molecule has 0 bridgehead atoms. The molecule has 1 rings (SSSR count). The maximum absolute atomic E-state index is 10.7. The molecule has 14 heavy (non-hydrogen) atoms. The number of carbonyl (C=O) groups excluding carboxylic acids is 1. The Morgan fingerprint density at radius 3 is 2.36 bits per heavy atom. The number of hydrogen-bond acceptors (Lipinski definition) is 3. The summed E-state index contributed by atoms with van der Waals surface area (Å²) < 4.78 is 0. The van der Waals surface area contributed by atoms with Crippen LogP contribution in [0.4, 0.5) is 0 Å². The number of hydrogen-bond donors (Lipinski definition) is 3. The van der Waals surface area contributed by atoms with Crippen LogP contribution >= 0.6 is 0 Å². The fourth-order valence-electron chi connectivity index (χ4n) is 1.73. The zero-order valence-electron chi connectivity index (χ0n) is 8.15. The Morgan fingerprint density at radius 1 is 1.36 bits per heavy atom. The summed E-state index contributed by atoms with van der Waals surface area (Å²) in [6.45, 7) is 1.59. The van der Waals surface area contributed by atoms with E-state index in [2.05, 4.69) is 5.10 Å². The third-order valence-electron chi connectivity index (χ3n) is 2.56. The van der Waals surface area contributed by atoms with Gasteiger partial charge in [-0.25, -0.2) is 0 Å². The lowest BCUT2D eigenvalue weighted by Crippen LogP contribution is -2.43. The lowest BCUT2D eigenvalue weighted by Gasteiger charge is -2.31. The lowest BCUT2D eigenvalue weighted by molar-refractivity contribution is -0.119. The van der Waals surface area contributed by atoms with Crippen LogP contribution in [0.2, 0.25) is 0 Å². The average Bonchev–Trinajstić information content (AvgIpc) is 2.17. The van der Waals surface area contributed by atoms with Gasteiger partial charge in [0.2, 0.25) is 11.9 Å². The maximum atomic E-state index is 10.7. The molecule has 0 radical (unpaired) electrons. The smallest absolute Gasteiger partial charge is 0.217 e. The predicted octanol–water partition coefficient (Wildman–Crippen LogP) is -1.24. The lowest BCUT2D eigenvalue weighted by atomic mass is 9.93. The molecule has 1 fully saturated rings. The number of likely N-dealkylation sites (tertiary alicyclic amines) is 1. The molecule has 80 valence electrons. The minimum atomic E-state index is -0.232. The largest absolute Gasteiger partial charge is 0.370 e. The van der Waals surface area contributed by atoms with Crippen molar-refractivity contribution in [3.8, 4) is 0 Å². The van der Waals surface area contributed by atoms with E-state index in [4.69, 9.17) is 17.3 Å². The number of primary amides is 1. The van der Waals surface area contributed by atoms with Crippen molar-refractivity contribution in [1.29, 1.82) is 0 Å². The van der Waals surface area contributed by atoms with Gasteiger partial charge in [0.1, 0.15) is 0 Å². The first-order chi connectivity index (χ1) is 6.63. The van der Waals surface area contributed by atoms with E-state index >= 15 is 0 Å². The molecule has 0 aromatic rings. The van der Waals surface area contributed by atoms with Crippen molar-refractivity contribution < 1.29 is 4.79 Å². The van der Waals surface area contributed by atoms with Gasteiger partial charge in [-0.1, -0.05) is 0 Å². The summed E-state index contributed by atoms with van der Waals surface area (Å²) in [5.74, 6) is 5.58. The molecule has 6 nitrogen and oxygen atoms in total. The third-order valence-corrected chi connectivity index (χ3v) is 2.56. The standard InChI is InChI=1S/C8H17N5O/c9-7(14)5-6-1-3-13(4-2-6)8(10)12-11/h6H,1-5,11H2,(H2,9,14)(H2,10,12). The molecule has 6 N–H and O–H groups in total. The van der Waals surface area contributed by atoms with Gasteiger partial charge in [0.05, 0.1) is 0 Å². The Kier molecular flexibility index (Phi) is 3.55. The van der Waals surface area contributed by atoms with Gasteiger partial charge in [-0.05, 0) is 18.8 Å². The number of piperidine rings is 1. The average molecular weight is 199 g/mol. The summed E-state index contributed by atoms with van der Waals surface area (Å²) in [5.41, 5.74) is 10.7. The van der Waals surface area contributed by atoms with Crippen LogP contribution in [0.3, 0.4) is 0 Å². The topological polar surface area (TPSA) is 111 Å². The molecule has 0 spiro atoms. The fraction of sp³-hybridized carbons (Fsp3) is 0.750. The van der Waals surface area contributed by atoms with E-state index in [1.54, 1.807) is 0 Å². The van der Waals surface area contributed by atoms with Gasteiger partial charge in [0.25, 0.3) is 0 Å². The van der Waals surface area contributed by atoms with Crippen molar-refractivity contribution in [1.82, 2.24) is 4.90 Å². The second-order valence-corrected chi connectivity index (χ2v) is 3.59. The Balaban J connectivity index is 2.35. The molecule has 0 aromatic carbocycles. The van der Waals surface area contributed by atoms with Crippen molar-refractivity contribution >= 4 is 11.9 Å². The molecule has 1 heterocycles. The highest BCUT2D eigenvalue weighted by Gasteiger charge is 2.21. The van der Waals surface area contributed by atoms with Crippen LogP contribution in [0.5, 0.6) is 0 Å². The van der Waals surface area contributed by atoms with Gasteiger partial charge in [-0.15, -0.1) is 5.10 Å². The van der Waals surface area contributed by atoms with Crippen molar-refractivity contribution in [2.45, 2.75) is 19.3 Å². The Bertz CT molecular complexity index is 232. The second kappa shape index (κ2) is 4.69. The van der Waals surface area contributed by atoms with Gasteiger partial charge >= 0.3 is 0 Å². The van der Waals surface area contributed by atoms with Gasteiger partial charge < -0.3 is 22.2 Å². The maximum Gasteiger partial charge on any atom is 0.217 e. The molecule has 1 aliphatic rings. The van der Waals surface area contributed by atoms with E-state index in [1.165, 1.54) is 0 Å². The summed E-state index contributed by atoms with van der Waals surface area (Å²) >= 11 is 0. The fourth-order valence-corrected chi connectivity index (χ4v) is 1.73. The summed E-state index contributed by atoms with van der Waals surface area (Å²) in [5, 5.41) is 3.43. The normalized spacial score (nSPS) is 19.7. The third kappa shape index (κ3) is 2.79. The van der Waals surface area contributed by atoms with Gasteiger partial charge in [0, 0.05) is 19.5 Å². The van der Waals surface area contributed by atoms with Crippen molar-refractivity contribution in [2.24, 2.45) is 28.3 Å². The first-order valence-electron chi connectivity index (χ1n) is 4.70. The Morgan fingerprint density at radius 2 is 1.93 bits per heavy atom. The van der Waals surface area contributed by atoms with Crippen LogP contribution in [0.15, 0.2) is 5.10 Å². The molecule has 6 heteroatoms. The predicted molar refractivity (Wildman–Crippen MR) is 53.9 cm³/mol. The Labute approximate surface area is 83.1 Å². The summed E-state index contributed by atoms with van der Waals surface area (Å²) in [6.07, 6.45) is 2.30. The van der Waals surface area contributed by atoms with E-state index < -0.39 is 0 Å². The monoisotopic (exact) mass is 199 g/mol. The summed E-state index contributed by atoms with van der Waals surface area (Å²) in [4.78, 5) is 12.6. The quantitative estimate of drug-likeness (QED) is 0.223. The number of nitrogens with zero attached hydrogens (tertiary/aromatic N) is 2. The molecule has 0 aliphatic carbocycles. The molecule has 1 aliphatic heterocycles. The van der Waals surface area contributed by atoms with E-state index in [0.29, 0.717) is 18.3 Å². The van der Waals surface area contributed by atoms with Crippen molar-refractivity contribution in [3.05, 3.63) is 0 Å². The molecule has 0 aromatic heterocycles. The van der Waals surface area contributed by atoms with Crippen LogP contribution in [0, 0.1) is 5.92 Å². The second-order valence-electron chi connectivity index (χ2n) is 3.59. The van der Waals surface area contributed by atoms with Crippen LogP contribution in [-0.4, -0.2) is 29.9 Å². The van der Waals surface area contributed by atoms with Crippen LogP contribution < -0.4 is 17.3 Å². The van der Waals surface area contributed by atoms with E-state index in [0.717, 1.165) is 25.9 Å². The summed E-state index contributed by atoms with van der Waals surface area (Å²) in [6, 6.07) is 0. The minimum Gasteiger partial charge on any atom is -0.370 e.